The molecule has 0 aromatic heterocycles. The number of rotatable bonds is 25. The fraction of sp³-hybridized carbons (Fsp3) is 0.966. The van der Waals surface area contributed by atoms with Crippen molar-refractivity contribution in [3.63, 3.8) is 0 Å². The fourth-order valence-corrected chi connectivity index (χ4v) is 4.50. The highest BCUT2D eigenvalue weighted by atomic mass is 14.7. The Kier molecular flexibility index (Phi) is 26.4. The molecule has 0 aliphatic rings. The van der Waals surface area contributed by atoms with Gasteiger partial charge in [-0.2, -0.15) is 0 Å². The molecule has 0 spiro atoms. The van der Waals surface area contributed by atoms with E-state index >= 15 is 0 Å². The molecule has 0 aliphatic carbocycles. The number of aliphatic imine (C=N–C) groups is 1. The van der Waals surface area contributed by atoms with Gasteiger partial charge in [0, 0.05) is 6.54 Å². The van der Waals surface area contributed by atoms with Gasteiger partial charge < -0.3 is 0 Å². The van der Waals surface area contributed by atoms with Crippen LogP contribution in [0.1, 0.15) is 168 Å². The van der Waals surface area contributed by atoms with Gasteiger partial charge in [-0.1, -0.05) is 149 Å². The van der Waals surface area contributed by atoms with Gasteiger partial charge >= 0.3 is 0 Å². The van der Waals surface area contributed by atoms with Crippen LogP contribution in [0.3, 0.4) is 0 Å². The van der Waals surface area contributed by atoms with E-state index in [9.17, 15) is 0 Å². The van der Waals surface area contributed by atoms with Crippen LogP contribution in [0.25, 0.3) is 0 Å². The summed E-state index contributed by atoms with van der Waals surface area (Å²) in [4.78, 5) is 4.65. The summed E-state index contributed by atoms with van der Waals surface area (Å²) in [7, 11) is 0. The van der Waals surface area contributed by atoms with Crippen LogP contribution in [0.15, 0.2) is 4.99 Å². The molecule has 0 aromatic carbocycles. The second-order valence-corrected chi connectivity index (χ2v) is 9.77. The van der Waals surface area contributed by atoms with Crippen LogP contribution in [0, 0.1) is 5.92 Å². The highest BCUT2D eigenvalue weighted by Crippen LogP contribution is 2.23. The normalized spacial score (nSPS) is 12.8. The van der Waals surface area contributed by atoms with Crippen molar-refractivity contribution in [2.45, 2.75) is 168 Å². The van der Waals surface area contributed by atoms with Crippen molar-refractivity contribution in [2.75, 3.05) is 6.54 Å². The maximum atomic E-state index is 4.65. The van der Waals surface area contributed by atoms with Crippen LogP contribution in [-0.4, -0.2) is 12.8 Å². The first-order chi connectivity index (χ1) is 14.8. The zero-order valence-corrected chi connectivity index (χ0v) is 21.6. The minimum atomic E-state index is 0.995. The zero-order chi connectivity index (χ0) is 22.0. The van der Waals surface area contributed by atoms with E-state index in [1.54, 1.807) is 0 Å². The molecular weight excluding hydrogens is 362 g/mol. The molecule has 180 valence electrons. The average Bonchev–Trinajstić information content (AvgIpc) is 2.76. The molecule has 0 bridgehead atoms. The molecule has 0 rings (SSSR count). The molecule has 0 saturated heterocycles. The Balaban J connectivity index is 3.55. The molecule has 0 amide bonds. The minimum absolute atomic E-state index is 0.995. The summed E-state index contributed by atoms with van der Waals surface area (Å²) in [6, 6.07) is 0. The number of hydrogen-bond acceptors (Lipinski definition) is 1. The summed E-state index contributed by atoms with van der Waals surface area (Å²) in [5.41, 5.74) is 0. The Hall–Kier alpha value is -0.330. The van der Waals surface area contributed by atoms with Gasteiger partial charge in [0.2, 0.25) is 0 Å². The van der Waals surface area contributed by atoms with E-state index in [0.29, 0.717) is 0 Å². The Morgan fingerprint density at radius 2 is 0.900 bits per heavy atom. The van der Waals surface area contributed by atoms with Crippen molar-refractivity contribution < 1.29 is 0 Å². The molecule has 1 heteroatoms. The standard InChI is InChI=1S/C29H59N/c1-4-7-10-12-14-16-18-22-27-30-28-23-19-21-26-29(24-9-6-3)25-20-17-15-13-11-8-5-2/h28-29H,4-27H2,1-3H3/b30-28+. The van der Waals surface area contributed by atoms with Gasteiger partial charge in [0.15, 0.2) is 0 Å². The van der Waals surface area contributed by atoms with Crippen molar-refractivity contribution in [2.24, 2.45) is 10.9 Å². The first-order valence-electron chi connectivity index (χ1n) is 14.3. The maximum absolute atomic E-state index is 4.65. The van der Waals surface area contributed by atoms with Crippen molar-refractivity contribution in [3.05, 3.63) is 0 Å². The third-order valence-electron chi connectivity index (χ3n) is 6.65. The number of unbranched alkanes of at least 4 members (excludes halogenated alkanes) is 16. The van der Waals surface area contributed by atoms with E-state index in [0.717, 1.165) is 12.5 Å². The second-order valence-electron chi connectivity index (χ2n) is 9.77. The Morgan fingerprint density at radius 1 is 0.467 bits per heavy atom. The summed E-state index contributed by atoms with van der Waals surface area (Å²) < 4.78 is 0. The molecule has 0 aromatic rings. The summed E-state index contributed by atoms with van der Waals surface area (Å²) in [6.45, 7) is 8.00. The van der Waals surface area contributed by atoms with Gasteiger partial charge in [-0.05, 0) is 31.4 Å². The molecular formula is C29H59N. The summed E-state index contributed by atoms with van der Waals surface area (Å²) in [6.07, 6.45) is 34.7. The van der Waals surface area contributed by atoms with Gasteiger partial charge in [0.1, 0.15) is 0 Å². The van der Waals surface area contributed by atoms with Gasteiger partial charge in [0.25, 0.3) is 0 Å². The van der Waals surface area contributed by atoms with Crippen LogP contribution >= 0.6 is 0 Å². The molecule has 0 aliphatic heterocycles. The first-order valence-corrected chi connectivity index (χ1v) is 14.3. The van der Waals surface area contributed by atoms with Crippen molar-refractivity contribution >= 4 is 6.21 Å². The van der Waals surface area contributed by atoms with E-state index in [2.05, 4.69) is 32.0 Å². The Morgan fingerprint density at radius 3 is 1.47 bits per heavy atom. The molecule has 0 radical (unpaired) electrons. The lowest BCUT2D eigenvalue weighted by Gasteiger charge is -2.16. The zero-order valence-electron chi connectivity index (χ0n) is 21.6. The topological polar surface area (TPSA) is 12.4 Å². The van der Waals surface area contributed by atoms with E-state index in [4.69, 9.17) is 0 Å². The van der Waals surface area contributed by atoms with Crippen molar-refractivity contribution in [1.29, 1.82) is 0 Å². The molecule has 0 fully saturated rings. The Labute approximate surface area is 192 Å². The van der Waals surface area contributed by atoms with Crippen LogP contribution in [-0.2, 0) is 0 Å². The summed E-state index contributed by atoms with van der Waals surface area (Å²) >= 11 is 0. The third-order valence-corrected chi connectivity index (χ3v) is 6.65. The largest absolute Gasteiger partial charge is 0.298 e. The summed E-state index contributed by atoms with van der Waals surface area (Å²) in [5, 5.41) is 0. The highest BCUT2D eigenvalue weighted by molar-refractivity contribution is 5.56. The smallest absolute Gasteiger partial charge is 0.0385 e. The van der Waals surface area contributed by atoms with Crippen LogP contribution in [0.4, 0.5) is 0 Å². The lowest BCUT2D eigenvalue weighted by Crippen LogP contribution is -2.01. The quantitative estimate of drug-likeness (QED) is 0.103. The predicted octanol–water partition coefficient (Wildman–Crippen LogP) is 10.7. The van der Waals surface area contributed by atoms with E-state index in [-0.39, 0.29) is 0 Å². The van der Waals surface area contributed by atoms with E-state index in [1.165, 1.54) is 148 Å². The van der Waals surface area contributed by atoms with E-state index in [1.807, 2.05) is 0 Å². The van der Waals surface area contributed by atoms with Crippen LogP contribution in [0.2, 0.25) is 0 Å². The maximum Gasteiger partial charge on any atom is 0.0385 e. The van der Waals surface area contributed by atoms with Gasteiger partial charge in [0.05, 0.1) is 0 Å². The number of nitrogens with zero attached hydrogens (tertiary/aromatic N) is 1. The second kappa shape index (κ2) is 26.7. The predicted molar refractivity (Wildman–Crippen MR) is 140 cm³/mol. The molecule has 1 unspecified atom stereocenters. The molecule has 0 N–H and O–H groups in total. The SMILES string of the molecule is CCCCCCCCCC/N=C/CCCCC(CCCC)CCCCCCCCC. The van der Waals surface area contributed by atoms with Crippen molar-refractivity contribution in [1.82, 2.24) is 0 Å². The fourth-order valence-electron chi connectivity index (χ4n) is 4.50. The molecule has 1 nitrogen and oxygen atoms in total. The van der Waals surface area contributed by atoms with E-state index < -0.39 is 0 Å². The lowest BCUT2D eigenvalue weighted by molar-refractivity contribution is 0.375. The highest BCUT2D eigenvalue weighted by Gasteiger charge is 2.08. The lowest BCUT2D eigenvalue weighted by atomic mass is 9.90. The Bertz CT molecular complexity index is 322. The monoisotopic (exact) mass is 421 g/mol. The molecule has 0 saturated carbocycles. The van der Waals surface area contributed by atoms with Crippen LogP contribution < -0.4 is 0 Å². The minimum Gasteiger partial charge on any atom is -0.298 e. The first kappa shape index (κ1) is 29.7. The third kappa shape index (κ3) is 23.9. The summed E-state index contributed by atoms with van der Waals surface area (Å²) in [5.74, 6) is 0.995. The number of hydrogen-bond donors (Lipinski definition) is 0. The van der Waals surface area contributed by atoms with Gasteiger partial charge in [-0.3, -0.25) is 4.99 Å². The molecule has 30 heavy (non-hydrogen) atoms. The van der Waals surface area contributed by atoms with Gasteiger partial charge in [-0.25, -0.2) is 0 Å². The molecule has 1 atom stereocenters. The van der Waals surface area contributed by atoms with Gasteiger partial charge in [-0.15, -0.1) is 0 Å². The van der Waals surface area contributed by atoms with Crippen LogP contribution in [0.5, 0.6) is 0 Å². The average molecular weight is 422 g/mol. The molecule has 0 heterocycles. The van der Waals surface area contributed by atoms with Crippen molar-refractivity contribution in [3.8, 4) is 0 Å².